The van der Waals surface area contributed by atoms with Crippen LogP contribution in [0.25, 0.3) is 11.5 Å². The van der Waals surface area contributed by atoms with Crippen LogP contribution in [0.3, 0.4) is 0 Å². The van der Waals surface area contributed by atoms with Crippen molar-refractivity contribution in [2.75, 3.05) is 18.6 Å². The number of rotatable bonds is 3. The predicted octanol–water partition coefficient (Wildman–Crippen LogP) is 2.78. The number of ether oxygens (including phenoxy) is 1. The Kier molecular flexibility index (Phi) is 4.16. The third-order valence-corrected chi connectivity index (χ3v) is 4.29. The molecular weight excluding hydrogens is 340 g/mol. The second kappa shape index (κ2) is 6.62. The largest absolute Gasteiger partial charge is 0.493 e. The minimum Gasteiger partial charge on any atom is -0.493 e. The highest BCUT2D eigenvalue weighted by Gasteiger charge is 2.22. The average Bonchev–Trinajstić information content (AvgIpc) is 2.69. The van der Waals surface area contributed by atoms with Crippen LogP contribution in [0, 0.1) is 11.6 Å². The SMILES string of the molecule is COc1cc(N2CCc3nc(-c4cnccn4)ncc3C2)cc(F)c1F. The van der Waals surface area contributed by atoms with Gasteiger partial charge in [0.25, 0.3) is 0 Å². The van der Waals surface area contributed by atoms with Crippen LogP contribution in [0.5, 0.6) is 5.75 Å². The van der Waals surface area contributed by atoms with Crippen molar-refractivity contribution >= 4 is 5.69 Å². The first kappa shape index (κ1) is 16.3. The van der Waals surface area contributed by atoms with Crippen LogP contribution in [0.2, 0.25) is 0 Å². The van der Waals surface area contributed by atoms with E-state index in [1.807, 2.05) is 4.90 Å². The molecule has 0 atom stereocenters. The van der Waals surface area contributed by atoms with Crippen LogP contribution in [-0.4, -0.2) is 33.6 Å². The summed E-state index contributed by atoms with van der Waals surface area (Å²) in [6, 6.07) is 2.68. The van der Waals surface area contributed by atoms with Gasteiger partial charge in [0.05, 0.1) is 19.0 Å². The van der Waals surface area contributed by atoms with E-state index in [4.69, 9.17) is 4.74 Å². The lowest BCUT2D eigenvalue weighted by Crippen LogP contribution is -2.31. The number of hydrogen-bond donors (Lipinski definition) is 0. The van der Waals surface area contributed by atoms with E-state index >= 15 is 0 Å². The Labute approximate surface area is 148 Å². The lowest BCUT2D eigenvalue weighted by Gasteiger charge is -2.30. The molecule has 3 aromatic rings. The van der Waals surface area contributed by atoms with E-state index in [1.165, 1.54) is 19.2 Å². The number of hydrogen-bond acceptors (Lipinski definition) is 6. The van der Waals surface area contributed by atoms with E-state index in [9.17, 15) is 8.78 Å². The fourth-order valence-electron chi connectivity index (χ4n) is 2.96. The highest BCUT2D eigenvalue weighted by Crippen LogP contribution is 2.30. The maximum Gasteiger partial charge on any atom is 0.200 e. The zero-order valence-corrected chi connectivity index (χ0v) is 14.0. The Hall–Kier alpha value is -3.16. The molecule has 8 heteroatoms. The standard InChI is InChI=1S/C18H15F2N5O/c1-26-16-7-12(6-13(19)17(16)20)25-5-2-14-11(10-25)8-23-18(24-14)15-9-21-3-4-22-15/h3-4,6-9H,2,5,10H2,1H3. The van der Waals surface area contributed by atoms with Crippen molar-refractivity contribution in [2.24, 2.45) is 0 Å². The van der Waals surface area contributed by atoms with E-state index in [0.717, 1.165) is 11.3 Å². The molecule has 1 aliphatic heterocycles. The Balaban J connectivity index is 1.62. The van der Waals surface area contributed by atoms with Crippen molar-refractivity contribution in [3.8, 4) is 17.3 Å². The van der Waals surface area contributed by atoms with Gasteiger partial charge in [0.1, 0.15) is 5.69 Å². The highest BCUT2D eigenvalue weighted by atomic mass is 19.2. The predicted molar refractivity (Wildman–Crippen MR) is 90.7 cm³/mol. The van der Waals surface area contributed by atoms with E-state index in [0.29, 0.717) is 36.7 Å². The molecule has 1 aromatic carbocycles. The molecule has 4 rings (SSSR count). The van der Waals surface area contributed by atoms with Crippen LogP contribution in [0.4, 0.5) is 14.5 Å². The smallest absolute Gasteiger partial charge is 0.200 e. The first-order valence-corrected chi connectivity index (χ1v) is 8.05. The summed E-state index contributed by atoms with van der Waals surface area (Å²) in [6.45, 7) is 1.13. The van der Waals surface area contributed by atoms with Gasteiger partial charge in [-0.3, -0.25) is 4.98 Å². The Morgan fingerprint density at radius 1 is 1.12 bits per heavy atom. The average molecular weight is 355 g/mol. The number of benzene rings is 1. The number of aromatic nitrogens is 4. The summed E-state index contributed by atoms with van der Waals surface area (Å²) in [7, 11) is 1.31. The van der Waals surface area contributed by atoms with Crippen molar-refractivity contribution in [2.45, 2.75) is 13.0 Å². The van der Waals surface area contributed by atoms with Gasteiger partial charge in [0.2, 0.25) is 5.82 Å². The molecule has 6 nitrogen and oxygen atoms in total. The second-order valence-electron chi connectivity index (χ2n) is 5.87. The highest BCUT2D eigenvalue weighted by molar-refractivity contribution is 5.54. The van der Waals surface area contributed by atoms with Crippen LogP contribution in [-0.2, 0) is 13.0 Å². The van der Waals surface area contributed by atoms with Gasteiger partial charge in [-0.1, -0.05) is 0 Å². The molecule has 0 unspecified atom stereocenters. The third-order valence-electron chi connectivity index (χ3n) is 4.29. The van der Waals surface area contributed by atoms with Gasteiger partial charge in [0, 0.05) is 61.5 Å². The van der Waals surface area contributed by atoms with Gasteiger partial charge < -0.3 is 9.64 Å². The van der Waals surface area contributed by atoms with Crippen LogP contribution < -0.4 is 9.64 Å². The molecule has 1 aliphatic rings. The lowest BCUT2D eigenvalue weighted by molar-refractivity contribution is 0.372. The molecule has 132 valence electrons. The summed E-state index contributed by atoms with van der Waals surface area (Å²) in [4.78, 5) is 19.1. The number of methoxy groups -OCH3 is 1. The van der Waals surface area contributed by atoms with Gasteiger partial charge in [-0.2, -0.15) is 4.39 Å². The molecule has 0 saturated heterocycles. The van der Waals surface area contributed by atoms with Crippen LogP contribution in [0.15, 0.2) is 36.9 Å². The maximum atomic E-state index is 13.8. The number of nitrogens with zero attached hydrogens (tertiary/aromatic N) is 5. The third kappa shape index (κ3) is 2.94. The second-order valence-corrected chi connectivity index (χ2v) is 5.87. The molecule has 26 heavy (non-hydrogen) atoms. The normalized spacial score (nSPS) is 13.4. The summed E-state index contributed by atoms with van der Waals surface area (Å²) in [5.41, 5.74) is 3.03. The minimum atomic E-state index is -0.981. The molecule has 0 saturated carbocycles. The van der Waals surface area contributed by atoms with Crippen LogP contribution >= 0.6 is 0 Å². The molecular formula is C18H15F2N5O. The molecule has 3 heterocycles. The molecule has 0 spiro atoms. The molecule has 0 radical (unpaired) electrons. The van der Waals surface area contributed by atoms with Crippen molar-refractivity contribution in [1.29, 1.82) is 0 Å². The number of fused-ring (bicyclic) bond motifs is 1. The van der Waals surface area contributed by atoms with Gasteiger partial charge in [0.15, 0.2) is 17.4 Å². The minimum absolute atomic E-state index is 0.111. The molecule has 0 N–H and O–H groups in total. The summed E-state index contributed by atoms with van der Waals surface area (Å²) >= 11 is 0. The van der Waals surface area contributed by atoms with Crippen molar-refractivity contribution in [1.82, 2.24) is 19.9 Å². The van der Waals surface area contributed by atoms with E-state index < -0.39 is 11.6 Å². The molecule has 0 amide bonds. The molecule has 0 aliphatic carbocycles. The van der Waals surface area contributed by atoms with Gasteiger partial charge in [-0.05, 0) is 0 Å². The summed E-state index contributed by atoms with van der Waals surface area (Å²) in [6.07, 6.45) is 7.21. The fourth-order valence-corrected chi connectivity index (χ4v) is 2.96. The zero-order chi connectivity index (χ0) is 18.1. The van der Waals surface area contributed by atoms with E-state index in [1.54, 1.807) is 24.8 Å². The van der Waals surface area contributed by atoms with Gasteiger partial charge in [-0.25, -0.2) is 19.3 Å². The lowest BCUT2D eigenvalue weighted by atomic mass is 10.1. The van der Waals surface area contributed by atoms with Crippen molar-refractivity contribution < 1.29 is 13.5 Å². The van der Waals surface area contributed by atoms with Crippen LogP contribution in [0.1, 0.15) is 11.3 Å². The summed E-state index contributed by atoms with van der Waals surface area (Å²) in [5, 5.41) is 0. The molecule has 0 bridgehead atoms. The van der Waals surface area contributed by atoms with Gasteiger partial charge in [-0.15, -0.1) is 0 Å². The number of anilines is 1. The Morgan fingerprint density at radius 2 is 2.00 bits per heavy atom. The fraction of sp³-hybridized carbons (Fsp3) is 0.222. The van der Waals surface area contributed by atoms with Crippen molar-refractivity contribution in [3.63, 3.8) is 0 Å². The summed E-state index contributed by atoms with van der Waals surface area (Å²) in [5.74, 6) is -1.50. The topological polar surface area (TPSA) is 64.0 Å². The molecule has 0 fully saturated rings. The van der Waals surface area contributed by atoms with Crippen molar-refractivity contribution in [3.05, 3.63) is 59.8 Å². The first-order valence-electron chi connectivity index (χ1n) is 8.05. The first-order chi connectivity index (χ1) is 12.7. The van der Waals surface area contributed by atoms with E-state index in [-0.39, 0.29) is 5.75 Å². The van der Waals surface area contributed by atoms with Gasteiger partial charge >= 0.3 is 0 Å². The molecule has 2 aromatic heterocycles. The summed E-state index contributed by atoms with van der Waals surface area (Å²) < 4.78 is 32.4. The number of halogens is 2. The maximum absolute atomic E-state index is 13.8. The zero-order valence-electron chi connectivity index (χ0n) is 14.0. The van der Waals surface area contributed by atoms with E-state index in [2.05, 4.69) is 19.9 Å². The monoisotopic (exact) mass is 355 g/mol. The Bertz CT molecular complexity index is 952. The quantitative estimate of drug-likeness (QED) is 0.720. The Morgan fingerprint density at radius 3 is 2.77 bits per heavy atom.